The SMILES string of the molecule is C=C/C=C(F)\C(NC(=C)C)=C(\F)CNS(=O)(=O)CCC. The second kappa shape index (κ2) is 8.65. The number of halogens is 2. The van der Waals surface area contributed by atoms with Gasteiger partial charge in [0.2, 0.25) is 10.0 Å². The van der Waals surface area contributed by atoms with Gasteiger partial charge in [0.25, 0.3) is 0 Å². The van der Waals surface area contributed by atoms with Gasteiger partial charge in [0, 0.05) is 5.70 Å². The van der Waals surface area contributed by atoms with Crippen LogP contribution in [-0.4, -0.2) is 20.7 Å². The highest BCUT2D eigenvalue weighted by atomic mass is 32.2. The minimum Gasteiger partial charge on any atom is -0.355 e. The molecule has 0 aliphatic rings. The van der Waals surface area contributed by atoms with Gasteiger partial charge in [0.1, 0.15) is 17.4 Å². The maximum Gasteiger partial charge on any atom is 0.211 e. The van der Waals surface area contributed by atoms with Gasteiger partial charge in [-0.05, 0) is 19.4 Å². The summed E-state index contributed by atoms with van der Waals surface area (Å²) in [6.45, 7) is 9.38. The molecule has 0 aromatic heterocycles. The van der Waals surface area contributed by atoms with E-state index in [0.717, 1.165) is 12.2 Å². The average Bonchev–Trinajstić information content (AvgIpc) is 2.33. The zero-order chi connectivity index (χ0) is 15.8. The van der Waals surface area contributed by atoms with Gasteiger partial charge in [-0.1, -0.05) is 26.2 Å². The van der Waals surface area contributed by atoms with Gasteiger partial charge >= 0.3 is 0 Å². The number of hydrogen-bond acceptors (Lipinski definition) is 3. The highest BCUT2D eigenvalue weighted by molar-refractivity contribution is 7.89. The molecule has 2 N–H and O–H groups in total. The maximum atomic E-state index is 13.9. The fourth-order valence-corrected chi connectivity index (χ4v) is 2.29. The topological polar surface area (TPSA) is 58.2 Å². The van der Waals surface area contributed by atoms with E-state index in [1.165, 1.54) is 6.92 Å². The van der Waals surface area contributed by atoms with Gasteiger partial charge in [-0.2, -0.15) is 0 Å². The molecule has 0 atom stereocenters. The monoisotopic (exact) mass is 306 g/mol. The number of rotatable bonds is 9. The third-order valence-electron chi connectivity index (χ3n) is 2.03. The summed E-state index contributed by atoms with van der Waals surface area (Å²) in [5.41, 5.74) is -0.143. The molecule has 114 valence electrons. The summed E-state index contributed by atoms with van der Waals surface area (Å²) >= 11 is 0. The van der Waals surface area contributed by atoms with Crippen molar-refractivity contribution in [3.8, 4) is 0 Å². The Labute approximate surface area is 119 Å². The van der Waals surface area contributed by atoms with Crippen LogP contribution in [-0.2, 0) is 10.0 Å². The lowest BCUT2D eigenvalue weighted by atomic mass is 10.3. The Kier molecular flexibility index (Phi) is 8.02. The van der Waals surface area contributed by atoms with Crippen LogP contribution in [0.2, 0.25) is 0 Å². The molecule has 0 aromatic carbocycles. The van der Waals surface area contributed by atoms with E-state index in [9.17, 15) is 17.2 Å². The molecule has 7 heteroatoms. The fourth-order valence-electron chi connectivity index (χ4n) is 1.26. The minimum atomic E-state index is -3.56. The fraction of sp³-hybridized carbons (Fsp3) is 0.385. The summed E-state index contributed by atoms with van der Waals surface area (Å²) in [4.78, 5) is 0. The number of hydrogen-bond donors (Lipinski definition) is 2. The molecule has 0 aromatic rings. The molecule has 0 unspecified atom stereocenters. The predicted molar refractivity (Wildman–Crippen MR) is 77.6 cm³/mol. The predicted octanol–water partition coefficient (Wildman–Crippen LogP) is 2.66. The van der Waals surface area contributed by atoms with Gasteiger partial charge in [-0.15, -0.1) is 0 Å². The summed E-state index contributed by atoms with van der Waals surface area (Å²) in [6, 6.07) is 0. The molecule has 0 heterocycles. The van der Waals surface area contributed by atoms with E-state index in [4.69, 9.17) is 0 Å². The summed E-state index contributed by atoms with van der Waals surface area (Å²) in [7, 11) is -3.56. The highest BCUT2D eigenvalue weighted by Gasteiger charge is 2.15. The lowest BCUT2D eigenvalue weighted by molar-refractivity contribution is 0.543. The van der Waals surface area contributed by atoms with Crippen LogP contribution >= 0.6 is 0 Å². The van der Waals surface area contributed by atoms with Gasteiger partial charge in [0.05, 0.1) is 12.3 Å². The first-order chi connectivity index (χ1) is 9.23. The highest BCUT2D eigenvalue weighted by Crippen LogP contribution is 2.16. The molecule has 0 bridgehead atoms. The summed E-state index contributed by atoms with van der Waals surface area (Å²) < 4.78 is 52.4. The van der Waals surface area contributed by atoms with Gasteiger partial charge in [0.15, 0.2) is 0 Å². The Balaban J connectivity index is 5.15. The van der Waals surface area contributed by atoms with Crippen LogP contribution in [0.4, 0.5) is 8.78 Å². The molecular weight excluding hydrogens is 286 g/mol. The zero-order valence-electron chi connectivity index (χ0n) is 11.7. The Morgan fingerprint density at radius 1 is 1.35 bits per heavy atom. The van der Waals surface area contributed by atoms with E-state index in [0.29, 0.717) is 12.1 Å². The number of nitrogens with one attached hydrogen (secondary N) is 2. The van der Waals surface area contributed by atoms with Crippen LogP contribution in [0.3, 0.4) is 0 Å². The summed E-state index contributed by atoms with van der Waals surface area (Å²) in [6.07, 6.45) is 2.53. The first-order valence-corrected chi connectivity index (χ1v) is 7.65. The molecule has 0 aliphatic carbocycles. The quantitative estimate of drug-likeness (QED) is 0.644. The van der Waals surface area contributed by atoms with Gasteiger partial charge in [-0.25, -0.2) is 21.9 Å². The lowest BCUT2D eigenvalue weighted by Crippen LogP contribution is -2.28. The smallest absolute Gasteiger partial charge is 0.211 e. The number of allylic oxidation sites excluding steroid dienone is 4. The van der Waals surface area contributed by atoms with Crippen LogP contribution in [0.25, 0.3) is 0 Å². The van der Waals surface area contributed by atoms with E-state index in [1.54, 1.807) is 6.92 Å². The zero-order valence-corrected chi connectivity index (χ0v) is 12.5. The van der Waals surface area contributed by atoms with Crippen LogP contribution in [0.15, 0.2) is 48.4 Å². The molecule has 0 saturated carbocycles. The van der Waals surface area contributed by atoms with Crippen molar-refractivity contribution in [2.45, 2.75) is 20.3 Å². The molecule has 0 amide bonds. The van der Waals surface area contributed by atoms with Crippen molar-refractivity contribution in [2.75, 3.05) is 12.3 Å². The molecule has 0 aliphatic heterocycles. The van der Waals surface area contributed by atoms with E-state index in [-0.39, 0.29) is 5.75 Å². The standard InChI is InChI=1S/C13H20F2N2O2S/c1-5-7-11(14)13(17-10(3)4)12(15)9-16-20(18,19)8-6-2/h5,7,16-17H,1,3,6,8-9H2,2,4H3/b11-7+,13-12-. The van der Waals surface area contributed by atoms with Crippen molar-refractivity contribution in [2.24, 2.45) is 0 Å². The second-order valence-corrected chi connectivity index (χ2v) is 6.00. The largest absolute Gasteiger partial charge is 0.355 e. The Morgan fingerprint density at radius 3 is 2.40 bits per heavy atom. The van der Waals surface area contributed by atoms with Gasteiger partial charge in [-0.3, -0.25) is 0 Å². The van der Waals surface area contributed by atoms with E-state index < -0.39 is 33.9 Å². The van der Waals surface area contributed by atoms with E-state index >= 15 is 0 Å². The van der Waals surface area contributed by atoms with Gasteiger partial charge < -0.3 is 5.32 Å². The van der Waals surface area contributed by atoms with Crippen molar-refractivity contribution >= 4 is 10.0 Å². The van der Waals surface area contributed by atoms with Crippen molar-refractivity contribution in [3.05, 3.63) is 48.4 Å². The third-order valence-corrected chi connectivity index (χ3v) is 3.56. The summed E-state index contributed by atoms with van der Waals surface area (Å²) in [5.74, 6) is -1.98. The molecule has 0 spiro atoms. The molecule has 4 nitrogen and oxygen atoms in total. The maximum absolute atomic E-state index is 13.9. The van der Waals surface area contributed by atoms with Crippen molar-refractivity contribution < 1.29 is 17.2 Å². The Hall–Kier alpha value is -1.47. The van der Waals surface area contributed by atoms with E-state index in [1.807, 2.05) is 0 Å². The molecule has 0 radical (unpaired) electrons. The van der Waals surface area contributed by atoms with Crippen LogP contribution in [0, 0.1) is 0 Å². The van der Waals surface area contributed by atoms with Crippen molar-refractivity contribution in [1.29, 1.82) is 0 Å². The van der Waals surface area contributed by atoms with E-state index in [2.05, 4.69) is 23.2 Å². The van der Waals surface area contributed by atoms with Crippen LogP contribution in [0.5, 0.6) is 0 Å². The Bertz CT molecular complexity index is 522. The van der Waals surface area contributed by atoms with Crippen LogP contribution in [0.1, 0.15) is 20.3 Å². The summed E-state index contributed by atoms with van der Waals surface area (Å²) in [5, 5.41) is 2.42. The average molecular weight is 306 g/mol. The molecule has 0 saturated heterocycles. The molecule has 0 fully saturated rings. The Morgan fingerprint density at radius 2 is 1.95 bits per heavy atom. The molecular formula is C13H20F2N2O2S. The number of sulfonamides is 1. The molecule has 20 heavy (non-hydrogen) atoms. The second-order valence-electron chi connectivity index (χ2n) is 4.08. The minimum absolute atomic E-state index is 0.117. The third kappa shape index (κ3) is 7.20. The normalized spacial score (nSPS) is 13.7. The van der Waals surface area contributed by atoms with Crippen molar-refractivity contribution in [1.82, 2.24) is 10.0 Å². The van der Waals surface area contributed by atoms with Crippen LogP contribution < -0.4 is 10.0 Å². The first kappa shape index (κ1) is 18.5. The first-order valence-electron chi connectivity index (χ1n) is 6.00. The lowest BCUT2D eigenvalue weighted by Gasteiger charge is -2.11. The molecule has 0 rings (SSSR count). The van der Waals surface area contributed by atoms with Crippen molar-refractivity contribution in [3.63, 3.8) is 0 Å².